The first-order chi connectivity index (χ1) is 11.0. The number of benzene rings is 1. The lowest BCUT2D eigenvalue weighted by Crippen LogP contribution is -2.28. The monoisotopic (exact) mass is 323 g/mol. The first-order valence-electron chi connectivity index (χ1n) is 6.97. The van der Waals surface area contributed by atoms with Gasteiger partial charge in [0.15, 0.2) is 18.1 Å². The molecule has 1 aromatic carbocycles. The molecule has 7 heteroatoms. The van der Waals surface area contributed by atoms with Gasteiger partial charge in [0.05, 0.1) is 21.3 Å². The lowest BCUT2D eigenvalue weighted by molar-refractivity contribution is -0.143. The molecule has 0 saturated carbocycles. The fraction of sp³-hybridized carbons (Fsp3) is 0.375. The Hall–Kier alpha value is -2.70. The number of carbonyl (C=O) groups excluding carboxylic acids is 2. The first kappa shape index (κ1) is 18.3. The van der Waals surface area contributed by atoms with Gasteiger partial charge in [-0.25, -0.2) is 4.79 Å². The van der Waals surface area contributed by atoms with Crippen LogP contribution < -0.4 is 19.5 Å². The van der Waals surface area contributed by atoms with Crippen LogP contribution in [0.15, 0.2) is 18.2 Å². The second-order valence-electron chi connectivity index (χ2n) is 4.35. The Balaban J connectivity index is 2.79. The van der Waals surface area contributed by atoms with Gasteiger partial charge in [-0.1, -0.05) is 0 Å². The average Bonchev–Trinajstić information content (AvgIpc) is 2.57. The van der Waals surface area contributed by atoms with E-state index in [4.69, 9.17) is 18.9 Å². The molecule has 0 aliphatic carbocycles. The van der Waals surface area contributed by atoms with Crippen LogP contribution in [0, 0.1) is 0 Å². The molecule has 0 heterocycles. The Morgan fingerprint density at radius 2 is 1.70 bits per heavy atom. The number of carbonyl (C=O) groups is 2. The summed E-state index contributed by atoms with van der Waals surface area (Å²) in [5.41, 5.74) is 0.662. The molecular formula is C16H21NO6. The average molecular weight is 323 g/mol. The van der Waals surface area contributed by atoms with Crippen molar-refractivity contribution < 1.29 is 28.5 Å². The van der Waals surface area contributed by atoms with Gasteiger partial charge in [0.25, 0.3) is 5.91 Å². The molecule has 1 rings (SSSR count). The SMILES string of the molecule is CCNC(=O)COC(=O)/C=C/c1cc(OC)c(OC)c(OC)c1. The third kappa shape index (κ3) is 5.54. The molecule has 0 fully saturated rings. The Bertz CT molecular complexity index is 557. The number of amides is 1. The van der Waals surface area contributed by atoms with E-state index in [0.29, 0.717) is 29.4 Å². The molecule has 126 valence electrons. The zero-order chi connectivity index (χ0) is 17.2. The molecule has 0 aliphatic rings. The Morgan fingerprint density at radius 3 is 2.17 bits per heavy atom. The molecule has 1 N–H and O–H groups in total. The maximum Gasteiger partial charge on any atom is 0.331 e. The predicted octanol–water partition coefficient (Wildman–Crippen LogP) is 1.40. The third-order valence-corrected chi connectivity index (χ3v) is 2.82. The van der Waals surface area contributed by atoms with Gasteiger partial charge >= 0.3 is 5.97 Å². The molecule has 0 radical (unpaired) electrons. The van der Waals surface area contributed by atoms with E-state index in [0.717, 1.165) is 0 Å². The molecule has 0 spiro atoms. The van der Waals surface area contributed by atoms with Crippen molar-refractivity contribution in [2.24, 2.45) is 0 Å². The number of ether oxygens (including phenoxy) is 4. The molecular weight excluding hydrogens is 302 g/mol. The number of hydrogen-bond acceptors (Lipinski definition) is 6. The molecule has 0 aromatic heterocycles. The van der Waals surface area contributed by atoms with Crippen molar-refractivity contribution in [3.8, 4) is 17.2 Å². The zero-order valence-corrected chi connectivity index (χ0v) is 13.7. The van der Waals surface area contributed by atoms with Crippen molar-refractivity contribution >= 4 is 18.0 Å². The highest BCUT2D eigenvalue weighted by Gasteiger charge is 2.12. The van der Waals surface area contributed by atoms with Crippen molar-refractivity contribution in [2.75, 3.05) is 34.5 Å². The minimum atomic E-state index is -0.620. The van der Waals surface area contributed by atoms with E-state index in [1.165, 1.54) is 33.5 Å². The van der Waals surface area contributed by atoms with Crippen LogP contribution in [-0.2, 0) is 14.3 Å². The summed E-state index contributed by atoms with van der Waals surface area (Å²) in [6, 6.07) is 3.38. The van der Waals surface area contributed by atoms with Crippen molar-refractivity contribution in [3.63, 3.8) is 0 Å². The predicted molar refractivity (Wildman–Crippen MR) is 84.8 cm³/mol. The van der Waals surface area contributed by atoms with Gasteiger partial charge < -0.3 is 24.3 Å². The van der Waals surface area contributed by atoms with Gasteiger partial charge in [0.2, 0.25) is 5.75 Å². The summed E-state index contributed by atoms with van der Waals surface area (Å²) in [6.45, 7) is 1.95. The highest BCUT2D eigenvalue weighted by Crippen LogP contribution is 2.38. The number of likely N-dealkylation sites (N-methyl/N-ethyl adjacent to an activating group) is 1. The second kappa shape index (κ2) is 9.34. The molecule has 0 bridgehead atoms. The summed E-state index contributed by atoms with van der Waals surface area (Å²) >= 11 is 0. The lowest BCUT2D eigenvalue weighted by Gasteiger charge is -2.12. The van der Waals surface area contributed by atoms with Crippen LogP contribution in [0.4, 0.5) is 0 Å². The van der Waals surface area contributed by atoms with E-state index in [2.05, 4.69) is 5.32 Å². The Morgan fingerprint density at radius 1 is 1.09 bits per heavy atom. The molecule has 1 aromatic rings. The molecule has 23 heavy (non-hydrogen) atoms. The van der Waals surface area contributed by atoms with E-state index in [1.807, 2.05) is 0 Å². The number of hydrogen-bond donors (Lipinski definition) is 1. The number of methoxy groups -OCH3 is 3. The van der Waals surface area contributed by atoms with Crippen LogP contribution in [0.5, 0.6) is 17.2 Å². The Labute approximate surface area is 135 Å². The molecule has 0 atom stereocenters. The van der Waals surface area contributed by atoms with E-state index in [9.17, 15) is 9.59 Å². The van der Waals surface area contributed by atoms with Crippen molar-refractivity contribution in [1.82, 2.24) is 5.32 Å². The van der Waals surface area contributed by atoms with Crippen molar-refractivity contribution in [1.29, 1.82) is 0 Å². The van der Waals surface area contributed by atoms with E-state index >= 15 is 0 Å². The number of nitrogens with one attached hydrogen (secondary N) is 1. The van der Waals surface area contributed by atoms with Gasteiger partial charge in [-0.3, -0.25) is 4.79 Å². The minimum Gasteiger partial charge on any atom is -0.493 e. The maximum atomic E-state index is 11.6. The molecule has 0 unspecified atom stereocenters. The third-order valence-electron chi connectivity index (χ3n) is 2.82. The topological polar surface area (TPSA) is 83.1 Å². The Kier molecular flexibility index (Phi) is 7.45. The van der Waals surface area contributed by atoms with Crippen LogP contribution >= 0.6 is 0 Å². The van der Waals surface area contributed by atoms with E-state index in [1.54, 1.807) is 19.1 Å². The minimum absolute atomic E-state index is 0.313. The van der Waals surface area contributed by atoms with Crippen LogP contribution in [0.2, 0.25) is 0 Å². The first-order valence-corrected chi connectivity index (χ1v) is 6.97. The number of esters is 1. The highest BCUT2D eigenvalue weighted by atomic mass is 16.5. The maximum absolute atomic E-state index is 11.6. The summed E-state index contributed by atoms with van der Waals surface area (Å²) in [7, 11) is 4.52. The van der Waals surface area contributed by atoms with Gasteiger partial charge in [0, 0.05) is 12.6 Å². The van der Waals surface area contributed by atoms with Crippen LogP contribution in [0.3, 0.4) is 0 Å². The summed E-state index contributed by atoms with van der Waals surface area (Å²) in [4.78, 5) is 22.8. The smallest absolute Gasteiger partial charge is 0.331 e. The summed E-state index contributed by atoms with van der Waals surface area (Å²) in [5.74, 6) is 0.447. The molecule has 0 aliphatic heterocycles. The van der Waals surface area contributed by atoms with Crippen molar-refractivity contribution in [2.45, 2.75) is 6.92 Å². The fourth-order valence-corrected chi connectivity index (χ4v) is 1.79. The summed E-state index contributed by atoms with van der Waals surface area (Å²) in [6.07, 6.45) is 2.75. The van der Waals surface area contributed by atoms with Crippen LogP contribution in [-0.4, -0.2) is 46.4 Å². The van der Waals surface area contributed by atoms with Crippen LogP contribution in [0.25, 0.3) is 6.08 Å². The fourth-order valence-electron chi connectivity index (χ4n) is 1.79. The largest absolute Gasteiger partial charge is 0.493 e. The normalized spacial score (nSPS) is 10.3. The molecule has 1 amide bonds. The molecule has 0 saturated heterocycles. The number of rotatable bonds is 8. The van der Waals surface area contributed by atoms with Crippen molar-refractivity contribution in [3.05, 3.63) is 23.8 Å². The quantitative estimate of drug-likeness (QED) is 0.575. The lowest BCUT2D eigenvalue weighted by atomic mass is 10.1. The van der Waals surface area contributed by atoms with Gasteiger partial charge in [0.1, 0.15) is 0 Å². The standard InChI is InChI=1S/C16H21NO6/c1-5-17-14(18)10-23-15(19)7-6-11-8-12(20-2)16(22-4)13(9-11)21-3/h6-9H,5,10H2,1-4H3,(H,17,18)/b7-6+. The van der Waals surface area contributed by atoms with E-state index in [-0.39, 0.29) is 12.5 Å². The zero-order valence-electron chi connectivity index (χ0n) is 13.7. The molecule has 7 nitrogen and oxygen atoms in total. The van der Waals surface area contributed by atoms with Gasteiger partial charge in [-0.2, -0.15) is 0 Å². The summed E-state index contributed by atoms with van der Waals surface area (Å²) in [5, 5.41) is 2.53. The second-order valence-corrected chi connectivity index (χ2v) is 4.35. The van der Waals surface area contributed by atoms with Crippen LogP contribution in [0.1, 0.15) is 12.5 Å². The van der Waals surface area contributed by atoms with Gasteiger partial charge in [-0.15, -0.1) is 0 Å². The summed E-state index contributed by atoms with van der Waals surface area (Å²) < 4.78 is 20.5. The van der Waals surface area contributed by atoms with E-state index < -0.39 is 5.97 Å². The van der Waals surface area contributed by atoms with Gasteiger partial charge in [-0.05, 0) is 30.7 Å². The highest BCUT2D eigenvalue weighted by molar-refractivity contribution is 5.89.